The lowest BCUT2D eigenvalue weighted by atomic mass is 10.5. The summed E-state index contributed by atoms with van der Waals surface area (Å²) in [6, 6.07) is 1.34. The zero-order valence-corrected chi connectivity index (χ0v) is 4.32. The largest absolute Gasteiger partial charge is 0.308 e. The molecule has 0 bridgehead atoms. The molecule has 0 aliphatic heterocycles. The summed E-state index contributed by atoms with van der Waals surface area (Å²) in [7, 11) is 0. The Kier molecular flexibility index (Phi) is 1.30. The standard InChI is InChI=1S/C5H3F2NO/c6-4-1-3(9)2-5(7)8-4/h1-2H,(H,8,9). The number of rotatable bonds is 0. The SMILES string of the molecule is O=c1cc(F)[nH]c(F)c1. The normalized spacial score (nSPS) is 9.56. The number of aromatic nitrogens is 1. The van der Waals surface area contributed by atoms with Crippen LogP contribution in [0.3, 0.4) is 0 Å². The van der Waals surface area contributed by atoms with Crippen LogP contribution in [0.4, 0.5) is 8.78 Å². The molecule has 2 nitrogen and oxygen atoms in total. The maximum Gasteiger partial charge on any atom is 0.197 e. The van der Waals surface area contributed by atoms with Crippen molar-refractivity contribution in [1.82, 2.24) is 4.98 Å². The fraction of sp³-hybridized carbons (Fsp3) is 0. The quantitative estimate of drug-likeness (QED) is 0.515. The molecule has 1 N–H and O–H groups in total. The van der Waals surface area contributed by atoms with Gasteiger partial charge in [0, 0.05) is 12.1 Å². The molecule has 0 aromatic carbocycles. The molecule has 0 spiro atoms. The van der Waals surface area contributed by atoms with Gasteiger partial charge in [-0.05, 0) is 0 Å². The lowest BCUT2D eigenvalue weighted by Gasteiger charge is -1.86. The van der Waals surface area contributed by atoms with Crippen molar-refractivity contribution in [3.05, 3.63) is 34.3 Å². The molecule has 48 valence electrons. The van der Waals surface area contributed by atoms with E-state index in [-0.39, 0.29) is 0 Å². The summed E-state index contributed by atoms with van der Waals surface area (Å²) >= 11 is 0. The molecule has 0 unspecified atom stereocenters. The Morgan fingerprint density at radius 3 is 2.00 bits per heavy atom. The van der Waals surface area contributed by atoms with E-state index in [1.54, 1.807) is 4.98 Å². The van der Waals surface area contributed by atoms with E-state index in [1.165, 1.54) is 0 Å². The predicted molar refractivity (Wildman–Crippen MR) is 27.0 cm³/mol. The van der Waals surface area contributed by atoms with Gasteiger partial charge in [-0.3, -0.25) is 4.79 Å². The topological polar surface area (TPSA) is 32.9 Å². The van der Waals surface area contributed by atoms with Crippen molar-refractivity contribution >= 4 is 0 Å². The molecule has 0 saturated carbocycles. The highest BCUT2D eigenvalue weighted by molar-refractivity contribution is 4.94. The smallest absolute Gasteiger partial charge is 0.197 e. The molecule has 0 fully saturated rings. The highest BCUT2D eigenvalue weighted by Crippen LogP contribution is 1.88. The maximum absolute atomic E-state index is 11.9. The number of H-pyrrole nitrogens is 1. The summed E-state index contributed by atoms with van der Waals surface area (Å²) < 4.78 is 23.9. The van der Waals surface area contributed by atoms with Crippen molar-refractivity contribution in [2.24, 2.45) is 0 Å². The number of hydrogen-bond donors (Lipinski definition) is 1. The van der Waals surface area contributed by atoms with Crippen LogP contribution < -0.4 is 5.43 Å². The first kappa shape index (κ1) is 5.94. The fourth-order valence-electron chi connectivity index (χ4n) is 0.478. The number of halogens is 2. The van der Waals surface area contributed by atoms with Crippen LogP contribution in [0.1, 0.15) is 0 Å². The first-order valence-corrected chi connectivity index (χ1v) is 2.24. The molecule has 0 saturated heterocycles. The van der Waals surface area contributed by atoms with Crippen molar-refractivity contribution in [2.45, 2.75) is 0 Å². The minimum atomic E-state index is -0.958. The van der Waals surface area contributed by atoms with E-state index in [0.717, 1.165) is 0 Å². The Labute approximate surface area is 49.1 Å². The first-order chi connectivity index (χ1) is 4.18. The van der Waals surface area contributed by atoms with Crippen LogP contribution in [0.15, 0.2) is 16.9 Å². The second kappa shape index (κ2) is 1.97. The molecule has 0 atom stereocenters. The monoisotopic (exact) mass is 131 g/mol. The third kappa shape index (κ3) is 1.35. The van der Waals surface area contributed by atoms with Gasteiger partial charge < -0.3 is 4.98 Å². The highest BCUT2D eigenvalue weighted by Gasteiger charge is 1.93. The van der Waals surface area contributed by atoms with Crippen molar-refractivity contribution in [3.63, 3.8) is 0 Å². The molecule has 0 radical (unpaired) electrons. The Balaban J connectivity index is 3.33. The van der Waals surface area contributed by atoms with E-state index in [1.807, 2.05) is 0 Å². The zero-order valence-electron chi connectivity index (χ0n) is 4.32. The van der Waals surface area contributed by atoms with E-state index in [0.29, 0.717) is 12.1 Å². The summed E-state index contributed by atoms with van der Waals surface area (Å²) in [6.45, 7) is 0. The van der Waals surface area contributed by atoms with Crippen molar-refractivity contribution < 1.29 is 8.78 Å². The van der Waals surface area contributed by atoms with Crippen LogP contribution in [0, 0.1) is 11.9 Å². The number of aromatic amines is 1. The van der Waals surface area contributed by atoms with E-state index in [9.17, 15) is 13.6 Å². The Morgan fingerprint density at radius 2 is 1.67 bits per heavy atom. The second-order valence-corrected chi connectivity index (χ2v) is 1.51. The molecule has 0 amide bonds. The maximum atomic E-state index is 11.9. The third-order valence-electron chi connectivity index (χ3n) is 0.777. The summed E-state index contributed by atoms with van der Waals surface area (Å²) in [5.41, 5.74) is -0.677. The van der Waals surface area contributed by atoms with E-state index in [2.05, 4.69) is 0 Å². The van der Waals surface area contributed by atoms with E-state index in [4.69, 9.17) is 0 Å². The summed E-state index contributed by atoms with van der Waals surface area (Å²) in [4.78, 5) is 11.9. The summed E-state index contributed by atoms with van der Waals surface area (Å²) in [6.07, 6.45) is 0. The minimum Gasteiger partial charge on any atom is -0.308 e. The van der Waals surface area contributed by atoms with Gasteiger partial charge in [-0.1, -0.05) is 0 Å². The first-order valence-electron chi connectivity index (χ1n) is 2.24. The van der Waals surface area contributed by atoms with Crippen LogP contribution >= 0.6 is 0 Å². The molecular weight excluding hydrogens is 128 g/mol. The molecule has 1 aromatic rings. The Hall–Kier alpha value is -1.19. The van der Waals surface area contributed by atoms with Crippen LogP contribution in [-0.2, 0) is 0 Å². The highest BCUT2D eigenvalue weighted by atomic mass is 19.1. The van der Waals surface area contributed by atoms with Crippen LogP contribution in [0.5, 0.6) is 0 Å². The summed E-state index contributed by atoms with van der Waals surface area (Å²) in [5, 5.41) is 0. The molecule has 4 heteroatoms. The number of hydrogen-bond acceptors (Lipinski definition) is 1. The van der Waals surface area contributed by atoms with Gasteiger partial charge in [0.2, 0.25) is 0 Å². The van der Waals surface area contributed by atoms with Gasteiger partial charge in [0.15, 0.2) is 17.3 Å². The average Bonchev–Trinajstić information content (AvgIpc) is 1.59. The third-order valence-corrected chi connectivity index (χ3v) is 0.777. The average molecular weight is 131 g/mol. The molecule has 1 rings (SSSR count). The second-order valence-electron chi connectivity index (χ2n) is 1.51. The summed E-state index contributed by atoms with van der Waals surface area (Å²) in [5.74, 6) is -1.92. The van der Waals surface area contributed by atoms with Gasteiger partial charge in [-0.2, -0.15) is 8.78 Å². The molecule has 0 aliphatic rings. The molecular formula is C5H3F2NO. The Bertz CT molecular complexity index is 245. The van der Waals surface area contributed by atoms with Crippen LogP contribution in [-0.4, -0.2) is 4.98 Å². The van der Waals surface area contributed by atoms with Gasteiger partial charge in [0.1, 0.15) is 0 Å². The number of pyridine rings is 1. The van der Waals surface area contributed by atoms with Gasteiger partial charge in [0.25, 0.3) is 0 Å². The zero-order chi connectivity index (χ0) is 6.85. The lowest BCUT2D eigenvalue weighted by Crippen LogP contribution is -2.02. The van der Waals surface area contributed by atoms with Crippen molar-refractivity contribution in [2.75, 3.05) is 0 Å². The lowest BCUT2D eigenvalue weighted by molar-refractivity contribution is 0.510. The van der Waals surface area contributed by atoms with Gasteiger partial charge in [-0.15, -0.1) is 0 Å². The van der Waals surface area contributed by atoms with Crippen LogP contribution in [0.2, 0.25) is 0 Å². The predicted octanol–water partition coefficient (Wildman–Crippen LogP) is 0.653. The van der Waals surface area contributed by atoms with Gasteiger partial charge >= 0.3 is 0 Å². The van der Waals surface area contributed by atoms with Gasteiger partial charge in [0.05, 0.1) is 0 Å². The van der Waals surface area contributed by atoms with Crippen LogP contribution in [0.25, 0.3) is 0 Å². The molecule has 9 heavy (non-hydrogen) atoms. The minimum absolute atomic E-state index is 0.670. The van der Waals surface area contributed by atoms with E-state index < -0.39 is 17.3 Å². The van der Waals surface area contributed by atoms with Crippen molar-refractivity contribution in [3.8, 4) is 0 Å². The molecule has 1 heterocycles. The fourth-order valence-corrected chi connectivity index (χ4v) is 0.478. The Morgan fingerprint density at radius 1 is 1.22 bits per heavy atom. The molecule has 0 aliphatic carbocycles. The van der Waals surface area contributed by atoms with E-state index >= 15 is 0 Å². The van der Waals surface area contributed by atoms with Crippen molar-refractivity contribution in [1.29, 1.82) is 0 Å². The number of nitrogens with one attached hydrogen (secondary N) is 1. The molecule has 1 aromatic heterocycles. The van der Waals surface area contributed by atoms with Gasteiger partial charge in [-0.25, -0.2) is 0 Å².